The van der Waals surface area contributed by atoms with Gasteiger partial charge in [-0.25, -0.2) is 0 Å². The van der Waals surface area contributed by atoms with E-state index in [2.05, 4.69) is 12.2 Å². The van der Waals surface area contributed by atoms with Crippen LogP contribution < -0.4 is 5.32 Å². The van der Waals surface area contributed by atoms with Crippen molar-refractivity contribution in [1.82, 2.24) is 5.32 Å². The third kappa shape index (κ3) is 1.63. The van der Waals surface area contributed by atoms with Crippen LogP contribution in [0.3, 0.4) is 0 Å². The standard InChI is InChI=1S/C9H17NO2/c1-8-5-9(7-10-6-8)11-3-2-4-12-9/h8,10H,2-7H2,1H3. The highest BCUT2D eigenvalue weighted by Gasteiger charge is 2.38. The highest BCUT2D eigenvalue weighted by atomic mass is 16.7. The Morgan fingerprint density at radius 2 is 2.08 bits per heavy atom. The molecule has 3 nitrogen and oxygen atoms in total. The van der Waals surface area contributed by atoms with Crippen LogP contribution in [-0.4, -0.2) is 32.1 Å². The summed E-state index contributed by atoms with van der Waals surface area (Å²) in [6.45, 7) is 5.89. The molecule has 0 aromatic rings. The predicted octanol–water partition coefficient (Wildman–Crippen LogP) is 0.749. The molecule has 0 aromatic carbocycles. The van der Waals surface area contributed by atoms with E-state index in [0.717, 1.165) is 39.1 Å². The molecule has 2 fully saturated rings. The highest BCUT2D eigenvalue weighted by molar-refractivity contribution is 4.83. The van der Waals surface area contributed by atoms with Gasteiger partial charge in [-0.2, -0.15) is 0 Å². The van der Waals surface area contributed by atoms with Gasteiger partial charge in [-0.05, 0) is 18.9 Å². The summed E-state index contributed by atoms with van der Waals surface area (Å²) in [5, 5.41) is 3.35. The van der Waals surface area contributed by atoms with Gasteiger partial charge in [0.15, 0.2) is 5.79 Å². The van der Waals surface area contributed by atoms with E-state index in [4.69, 9.17) is 9.47 Å². The van der Waals surface area contributed by atoms with Crippen molar-refractivity contribution in [3.63, 3.8) is 0 Å². The number of piperidine rings is 1. The second-order valence-electron chi connectivity index (χ2n) is 3.90. The van der Waals surface area contributed by atoms with Crippen molar-refractivity contribution in [2.75, 3.05) is 26.3 Å². The molecule has 0 bridgehead atoms. The Hall–Kier alpha value is -0.120. The Labute approximate surface area is 73.4 Å². The average molecular weight is 171 g/mol. The second-order valence-corrected chi connectivity index (χ2v) is 3.90. The van der Waals surface area contributed by atoms with E-state index in [-0.39, 0.29) is 5.79 Å². The van der Waals surface area contributed by atoms with Gasteiger partial charge < -0.3 is 14.8 Å². The largest absolute Gasteiger partial charge is 0.349 e. The van der Waals surface area contributed by atoms with Gasteiger partial charge in [0.1, 0.15) is 0 Å². The summed E-state index contributed by atoms with van der Waals surface area (Å²) >= 11 is 0. The van der Waals surface area contributed by atoms with Crippen LogP contribution in [0.2, 0.25) is 0 Å². The summed E-state index contributed by atoms with van der Waals surface area (Å²) < 4.78 is 11.4. The maximum Gasteiger partial charge on any atom is 0.181 e. The zero-order valence-electron chi connectivity index (χ0n) is 7.64. The normalized spacial score (nSPS) is 35.2. The molecule has 0 aromatic heterocycles. The van der Waals surface area contributed by atoms with Crippen LogP contribution in [-0.2, 0) is 9.47 Å². The molecular weight excluding hydrogens is 154 g/mol. The van der Waals surface area contributed by atoms with Gasteiger partial charge in [0.2, 0.25) is 0 Å². The smallest absolute Gasteiger partial charge is 0.181 e. The van der Waals surface area contributed by atoms with Crippen molar-refractivity contribution in [3.05, 3.63) is 0 Å². The Morgan fingerprint density at radius 1 is 1.33 bits per heavy atom. The maximum atomic E-state index is 5.69. The summed E-state index contributed by atoms with van der Waals surface area (Å²) in [6, 6.07) is 0. The molecule has 1 spiro atoms. The van der Waals surface area contributed by atoms with Gasteiger partial charge in [-0.1, -0.05) is 6.92 Å². The average Bonchev–Trinajstić information content (AvgIpc) is 2.05. The van der Waals surface area contributed by atoms with Crippen LogP contribution in [0.5, 0.6) is 0 Å². The fraction of sp³-hybridized carbons (Fsp3) is 1.00. The molecule has 1 unspecified atom stereocenters. The maximum absolute atomic E-state index is 5.69. The van der Waals surface area contributed by atoms with Gasteiger partial charge in [0, 0.05) is 13.0 Å². The molecule has 12 heavy (non-hydrogen) atoms. The van der Waals surface area contributed by atoms with Crippen LogP contribution in [0, 0.1) is 5.92 Å². The minimum atomic E-state index is -0.282. The minimum absolute atomic E-state index is 0.282. The monoisotopic (exact) mass is 171 g/mol. The lowest BCUT2D eigenvalue weighted by atomic mass is 9.96. The van der Waals surface area contributed by atoms with Gasteiger partial charge in [-0.15, -0.1) is 0 Å². The first-order valence-electron chi connectivity index (χ1n) is 4.79. The molecule has 0 radical (unpaired) electrons. The summed E-state index contributed by atoms with van der Waals surface area (Å²) in [6.07, 6.45) is 2.08. The van der Waals surface area contributed by atoms with Crippen molar-refractivity contribution in [1.29, 1.82) is 0 Å². The molecule has 70 valence electrons. The number of nitrogens with one attached hydrogen (secondary N) is 1. The first-order chi connectivity index (χ1) is 5.81. The topological polar surface area (TPSA) is 30.5 Å². The lowest BCUT2D eigenvalue weighted by molar-refractivity contribution is -0.277. The molecule has 2 aliphatic rings. The zero-order valence-corrected chi connectivity index (χ0v) is 7.64. The van der Waals surface area contributed by atoms with Gasteiger partial charge in [0.25, 0.3) is 0 Å². The quantitative estimate of drug-likeness (QED) is 0.583. The van der Waals surface area contributed by atoms with Crippen LogP contribution in [0.4, 0.5) is 0 Å². The Kier molecular flexibility index (Phi) is 2.35. The van der Waals surface area contributed by atoms with Crippen molar-refractivity contribution in [3.8, 4) is 0 Å². The van der Waals surface area contributed by atoms with Crippen molar-refractivity contribution >= 4 is 0 Å². The lowest BCUT2D eigenvalue weighted by Crippen LogP contribution is -2.54. The fourth-order valence-corrected chi connectivity index (χ4v) is 2.02. The SMILES string of the molecule is CC1CNCC2(C1)OCCCO2. The molecule has 2 rings (SSSR count). The molecule has 2 heterocycles. The molecule has 2 aliphatic heterocycles. The van der Waals surface area contributed by atoms with Crippen LogP contribution in [0.15, 0.2) is 0 Å². The van der Waals surface area contributed by atoms with E-state index < -0.39 is 0 Å². The summed E-state index contributed by atoms with van der Waals surface area (Å²) in [5.41, 5.74) is 0. The molecule has 2 saturated heterocycles. The van der Waals surface area contributed by atoms with E-state index in [1.54, 1.807) is 0 Å². The summed E-state index contributed by atoms with van der Waals surface area (Å²) in [5.74, 6) is 0.382. The molecule has 0 saturated carbocycles. The second kappa shape index (κ2) is 3.32. The Bertz CT molecular complexity index is 149. The van der Waals surface area contributed by atoms with Gasteiger partial charge >= 0.3 is 0 Å². The van der Waals surface area contributed by atoms with E-state index in [0.29, 0.717) is 5.92 Å². The molecule has 1 atom stereocenters. The van der Waals surface area contributed by atoms with Crippen molar-refractivity contribution in [2.24, 2.45) is 5.92 Å². The van der Waals surface area contributed by atoms with Crippen LogP contribution >= 0.6 is 0 Å². The van der Waals surface area contributed by atoms with Crippen molar-refractivity contribution in [2.45, 2.75) is 25.6 Å². The van der Waals surface area contributed by atoms with Gasteiger partial charge in [-0.3, -0.25) is 0 Å². The Balaban J connectivity index is 1.97. The van der Waals surface area contributed by atoms with E-state index >= 15 is 0 Å². The molecule has 0 amide bonds. The fourth-order valence-electron chi connectivity index (χ4n) is 2.02. The number of hydrogen-bond donors (Lipinski definition) is 1. The number of rotatable bonds is 0. The van der Waals surface area contributed by atoms with Crippen LogP contribution in [0.1, 0.15) is 19.8 Å². The predicted molar refractivity (Wildman–Crippen MR) is 45.9 cm³/mol. The number of ether oxygens (including phenoxy) is 2. The molecule has 1 N–H and O–H groups in total. The summed E-state index contributed by atoms with van der Waals surface area (Å²) in [4.78, 5) is 0. The number of hydrogen-bond acceptors (Lipinski definition) is 3. The first kappa shape index (κ1) is 8.48. The van der Waals surface area contributed by atoms with Crippen molar-refractivity contribution < 1.29 is 9.47 Å². The zero-order chi connectivity index (χ0) is 8.44. The Morgan fingerprint density at radius 3 is 2.75 bits per heavy atom. The first-order valence-corrected chi connectivity index (χ1v) is 4.79. The van der Waals surface area contributed by atoms with Crippen LogP contribution in [0.25, 0.3) is 0 Å². The molecular formula is C9H17NO2. The lowest BCUT2D eigenvalue weighted by Gasteiger charge is -2.42. The molecule has 0 aliphatic carbocycles. The third-order valence-electron chi connectivity index (χ3n) is 2.57. The van der Waals surface area contributed by atoms with E-state index in [1.807, 2.05) is 0 Å². The summed E-state index contributed by atoms with van der Waals surface area (Å²) in [7, 11) is 0. The minimum Gasteiger partial charge on any atom is -0.349 e. The van der Waals surface area contributed by atoms with E-state index in [1.165, 1.54) is 0 Å². The highest BCUT2D eigenvalue weighted by Crippen LogP contribution is 2.28. The third-order valence-corrected chi connectivity index (χ3v) is 2.57. The van der Waals surface area contributed by atoms with E-state index in [9.17, 15) is 0 Å². The van der Waals surface area contributed by atoms with Gasteiger partial charge in [0.05, 0.1) is 13.2 Å². The molecule has 3 heteroatoms.